The molecule has 18 heavy (non-hydrogen) atoms. The highest BCUT2D eigenvalue weighted by molar-refractivity contribution is 7.80. The van der Waals surface area contributed by atoms with Crippen LogP contribution in [0.15, 0.2) is 12.4 Å². The van der Waals surface area contributed by atoms with Crippen molar-refractivity contribution >= 4 is 23.1 Å². The molecule has 0 radical (unpaired) electrons. The molecule has 2 N–H and O–H groups in total. The molecule has 1 saturated heterocycles. The fourth-order valence-corrected chi connectivity index (χ4v) is 2.27. The molecule has 1 aromatic heterocycles. The number of likely N-dealkylation sites (tertiary alicyclic amines) is 1. The number of amides is 1. The first-order valence-corrected chi connectivity index (χ1v) is 6.36. The second kappa shape index (κ2) is 5.39. The van der Waals surface area contributed by atoms with Gasteiger partial charge in [-0.1, -0.05) is 12.2 Å². The van der Waals surface area contributed by atoms with E-state index in [-0.39, 0.29) is 11.8 Å². The number of carbonyl (C=O) groups is 1. The summed E-state index contributed by atoms with van der Waals surface area (Å²) >= 11 is 4.98. The molecule has 1 aliphatic rings. The number of piperidine rings is 1. The van der Waals surface area contributed by atoms with Gasteiger partial charge in [0.15, 0.2) is 0 Å². The van der Waals surface area contributed by atoms with Gasteiger partial charge in [0.1, 0.15) is 5.69 Å². The Morgan fingerprint density at radius 3 is 2.56 bits per heavy atom. The van der Waals surface area contributed by atoms with Crippen molar-refractivity contribution in [1.82, 2.24) is 14.9 Å². The summed E-state index contributed by atoms with van der Waals surface area (Å²) in [6, 6.07) is 0. The third-order valence-electron chi connectivity index (χ3n) is 3.18. The Hall–Kier alpha value is -1.56. The van der Waals surface area contributed by atoms with E-state index in [0.717, 1.165) is 18.5 Å². The maximum Gasteiger partial charge on any atom is 0.274 e. The third-order valence-corrected chi connectivity index (χ3v) is 3.52. The fourth-order valence-electron chi connectivity index (χ4n) is 2.03. The molecule has 0 unspecified atom stereocenters. The SMILES string of the molecule is Cc1cnc(C(=O)N2CCC(C(N)=S)CC2)cn1. The number of nitrogens with zero attached hydrogens (tertiary/aromatic N) is 3. The number of aryl methyl sites for hydroxylation is 1. The zero-order chi connectivity index (χ0) is 13.1. The second-order valence-electron chi connectivity index (χ2n) is 4.51. The molecule has 1 aromatic rings. The maximum atomic E-state index is 12.1. The van der Waals surface area contributed by atoms with E-state index in [1.54, 1.807) is 11.1 Å². The molecular formula is C12H16N4OS. The average Bonchev–Trinajstić information content (AvgIpc) is 2.39. The van der Waals surface area contributed by atoms with Gasteiger partial charge in [0.25, 0.3) is 5.91 Å². The van der Waals surface area contributed by atoms with Gasteiger partial charge in [-0.25, -0.2) is 4.98 Å². The second-order valence-corrected chi connectivity index (χ2v) is 4.98. The first kappa shape index (κ1) is 12.9. The molecule has 0 atom stereocenters. The summed E-state index contributed by atoms with van der Waals surface area (Å²) in [5.74, 6) is 0.192. The summed E-state index contributed by atoms with van der Waals surface area (Å²) in [5, 5.41) is 0. The van der Waals surface area contributed by atoms with Crippen LogP contribution in [-0.2, 0) is 0 Å². The summed E-state index contributed by atoms with van der Waals surface area (Å²) in [6.45, 7) is 3.20. The first-order chi connectivity index (χ1) is 8.58. The van der Waals surface area contributed by atoms with Crippen LogP contribution in [0.4, 0.5) is 0 Å². The first-order valence-electron chi connectivity index (χ1n) is 5.95. The lowest BCUT2D eigenvalue weighted by Crippen LogP contribution is -2.41. The lowest BCUT2D eigenvalue weighted by molar-refractivity contribution is 0.0704. The average molecular weight is 264 g/mol. The van der Waals surface area contributed by atoms with Crippen LogP contribution in [0.3, 0.4) is 0 Å². The van der Waals surface area contributed by atoms with Crippen molar-refractivity contribution in [3.8, 4) is 0 Å². The Kier molecular flexibility index (Phi) is 3.86. The van der Waals surface area contributed by atoms with Gasteiger partial charge >= 0.3 is 0 Å². The molecule has 2 heterocycles. The van der Waals surface area contributed by atoms with Crippen molar-refractivity contribution in [3.63, 3.8) is 0 Å². The third kappa shape index (κ3) is 2.81. The minimum atomic E-state index is -0.0658. The van der Waals surface area contributed by atoms with Gasteiger partial charge < -0.3 is 10.6 Å². The fraction of sp³-hybridized carbons (Fsp3) is 0.500. The van der Waals surface area contributed by atoms with Gasteiger partial charge in [-0.15, -0.1) is 0 Å². The van der Waals surface area contributed by atoms with Gasteiger partial charge in [0.2, 0.25) is 0 Å². The van der Waals surface area contributed by atoms with Crippen LogP contribution in [0.2, 0.25) is 0 Å². The number of thiocarbonyl (C=S) groups is 1. The molecular weight excluding hydrogens is 248 g/mol. The minimum Gasteiger partial charge on any atom is -0.393 e. The van der Waals surface area contributed by atoms with E-state index in [1.165, 1.54) is 6.20 Å². The number of rotatable bonds is 2. The molecule has 0 saturated carbocycles. The van der Waals surface area contributed by atoms with Gasteiger partial charge in [-0.3, -0.25) is 9.78 Å². The van der Waals surface area contributed by atoms with Crippen molar-refractivity contribution < 1.29 is 4.79 Å². The molecule has 96 valence electrons. The van der Waals surface area contributed by atoms with Gasteiger partial charge in [-0.05, 0) is 19.8 Å². The smallest absolute Gasteiger partial charge is 0.274 e. The largest absolute Gasteiger partial charge is 0.393 e. The van der Waals surface area contributed by atoms with E-state index in [1.807, 2.05) is 6.92 Å². The van der Waals surface area contributed by atoms with Crippen LogP contribution >= 0.6 is 12.2 Å². The molecule has 0 aromatic carbocycles. The molecule has 1 aliphatic heterocycles. The molecule has 5 nitrogen and oxygen atoms in total. The zero-order valence-electron chi connectivity index (χ0n) is 10.3. The Morgan fingerprint density at radius 2 is 2.06 bits per heavy atom. The topological polar surface area (TPSA) is 72.1 Å². The van der Waals surface area contributed by atoms with Crippen molar-refractivity contribution in [2.24, 2.45) is 11.7 Å². The number of carbonyl (C=O) groups excluding carboxylic acids is 1. The molecule has 1 amide bonds. The van der Waals surface area contributed by atoms with Gasteiger partial charge in [-0.2, -0.15) is 0 Å². The van der Waals surface area contributed by atoms with Crippen molar-refractivity contribution in [2.45, 2.75) is 19.8 Å². The maximum absolute atomic E-state index is 12.1. The Morgan fingerprint density at radius 1 is 1.39 bits per heavy atom. The molecule has 2 rings (SSSR count). The van der Waals surface area contributed by atoms with Crippen LogP contribution in [0.25, 0.3) is 0 Å². The molecule has 0 aliphatic carbocycles. The van der Waals surface area contributed by atoms with Gasteiger partial charge in [0, 0.05) is 25.2 Å². The van der Waals surface area contributed by atoms with E-state index < -0.39 is 0 Å². The van der Waals surface area contributed by atoms with E-state index in [2.05, 4.69) is 9.97 Å². The normalized spacial score (nSPS) is 16.6. The van der Waals surface area contributed by atoms with Crippen LogP contribution in [0.1, 0.15) is 29.0 Å². The highest BCUT2D eigenvalue weighted by Crippen LogP contribution is 2.18. The van der Waals surface area contributed by atoms with Crippen molar-refractivity contribution in [1.29, 1.82) is 0 Å². The summed E-state index contributed by atoms with van der Waals surface area (Å²) in [6.07, 6.45) is 4.80. The monoisotopic (exact) mass is 264 g/mol. The lowest BCUT2D eigenvalue weighted by atomic mass is 9.97. The Bertz CT molecular complexity index is 452. The number of aromatic nitrogens is 2. The van der Waals surface area contributed by atoms with Crippen LogP contribution in [-0.4, -0.2) is 38.9 Å². The summed E-state index contributed by atoms with van der Waals surface area (Å²) in [7, 11) is 0. The molecule has 1 fully saturated rings. The van der Waals surface area contributed by atoms with Crippen LogP contribution in [0, 0.1) is 12.8 Å². The number of nitrogens with two attached hydrogens (primary N) is 1. The highest BCUT2D eigenvalue weighted by Gasteiger charge is 2.25. The Labute approximate surface area is 111 Å². The standard InChI is InChI=1S/C12H16N4OS/c1-8-6-15-10(7-14-8)12(17)16-4-2-9(3-5-16)11(13)18/h6-7,9H,2-5H2,1H3,(H2,13,18). The number of hydrogen-bond acceptors (Lipinski definition) is 4. The van der Waals surface area contributed by atoms with Crippen LogP contribution < -0.4 is 5.73 Å². The van der Waals surface area contributed by atoms with E-state index in [4.69, 9.17) is 18.0 Å². The summed E-state index contributed by atoms with van der Waals surface area (Å²) in [4.78, 5) is 22.7. The van der Waals surface area contributed by atoms with Gasteiger partial charge in [0.05, 0.1) is 16.9 Å². The Balaban J connectivity index is 1.99. The van der Waals surface area contributed by atoms with Crippen LogP contribution in [0.5, 0.6) is 0 Å². The van der Waals surface area contributed by atoms with E-state index >= 15 is 0 Å². The predicted octanol–water partition coefficient (Wildman–Crippen LogP) is 0.923. The predicted molar refractivity (Wildman–Crippen MR) is 72.2 cm³/mol. The molecule has 0 spiro atoms. The lowest BCUT2D eigenvalue weighted by Gasteiger charge is -2.31. The summed E-state index contributed by atoms with van der Waals surface area (Å²) in [5.41, 5.74) is 6.82. The summed E-state index contributed by atoms with van der Waals surface area (Å²) < 4.78 is 0. The van der Waals surface area contributed by atoms with E-state index in [0.29, 0.717) is 23.8 Å². The highest BCUT2D eigenvalue weighted by atomic mass is 32.1. The van der Waals surface area contributed by atoms with Crippen molar-refractivity contribution in [2.75, 3.05) is 13.1 Å². The number of hydrogen-bond donors (Lipinski definition) is 1. The van der Waals surface area contributed by atoms with Crippen molar-refractivity contribution in [3.05, 3.63) is 23.8 Å². The minimum absolute atomic E-state index is 0.0658. The quantitative estimate of drug-likeness (QED) is 0.804. The molecule has 0 bridgehead atoms. The zero-order valence-corrected chi connectivity index (χ0v) is 11.1. The molecule has 6 heteroatoms. The van der Waals surface area contributed by atoms with E-state index in [9.17, 15) is 4.79 Å².